The van der Waals surface area contributed by atoms with Crippen LogP contribution in [0.5, 0.6) is 0 Å². The Morgan fingerprint density at radius 3 is 2.73 bits per heavy atom. The van der Waals surface area contributed by atoms with Crippen molar-refractivity contribution < 1.29 is 0 Å². The van der Waals surface area contributed by atoms with Crippen LogP contribution in [0.15, 0.2) is 54.6 Å². The van der Waals surface area contributed by atoms with Crippen molar-refractivity contribution in [3.63, 3.8) is 0 Å². The average Bonchev–Trinajstić information content (AvgIpc) is 2.95. The molecule has 0 aliphatic carbocycles. The number of rotatable bonds is 4. The van der Waals surface area contributed by atoms with Crippen LogP contribution in [0.25, 0.3) is 0 Å². The first-order valence-electron chi connectivity index (χ1n) is 9.12. The third kappa shape index (κ3) is 3.27. The summed E-state index contributed by atoms with van der Waals surface area (Å²) in [6.45, 7) is 7.10. The molecule has 0 fully saturated rings. The summed E-state index contributed by atoms with van der Waals surface area (Å²) < 4.78 is 0. The topological polar surface area (TPSA) is 41.1 Å². The summed E-state index contributed by atoms with van der Waals surface area (Å²) in [5.41, 5.74) is 6.10. The molecule has 4 nitrogen and oxygen atoms in total. The molecule has 0 spiro atoms. The predicted octanol–water partition coefficient (Wildman–Crippen LogP) is 4.79. The minimum absolute atomic E-state index is 0.395. The summed E-state index contributed by atoms with van der Waals surface area (Å²) in [5, 5.41) is 3.38. The highest BCUT2D eigenvalue weighted by Crippen LogP contribution is 2.37. The van der Waals surface area contributed by atoms with Crippen LogP contribution in [-0.2, 0) is 13.0 Å². The molecule has 0 amide bonds. The molecule has 1 atom stereocenters. The normalized spacial score (nSPS) is 15.8. The van der Waals surface area contributed by atoms with E-state index in [2.05, 4.69) is 83.6 Å². The number of hydrogen-bond acceptors (Lipinski definition) is 4. The van der Waals surface area contributed by atoms with E-state index in [1.165, 1.54) is 22.4 Å². The second-order valence-electron chi connectivity index (χ2n) is 7.09. The summed E-state index contributed by atoms with van der Waals surface area (Å²) in [5.74, 6) is 1.64. The SMILES string of the molecule is Cc1cccc(CNc2nc(C)cc(N3c4ccccc4CC3C)n2)c1. The van der Waals surface area contributed by atoms with E-state index in [9.17, 15) is 0 Å². The van der Waals surface area contributed by atoms with Gasteiger partial charge in [-0.3, -0.25) is 0 Å². The van der Waals surface area contributed by atoms with Gasteiger partial charge in [-0.2, -0.15) is 4.98 Å². The molecule has 1 aliphatic rings. The fourth-order valence-electron chi connectivity index (χ4n) is 3.67. The molecule has 4 heteroatoms. The average molecular weight is 344 g/mol. The molecule has 4 rings (SSSR count). The summed E-state index contributed by atoms with van der Waals surface area (Å²) in [4.78, 5) is 11.7. The molecule has 0 bridgehead atoms. The number of benzene rings is 2. The van der Waals surface area contributed by atoms with Gasteiger partial charge in [0.05, 0.1) is 0 Å². The van der Waals surface area contributed by atoms with Crippen LogP contribution in [0.1, 0.15) is 29.3 Å². The monoisotopic (exact) mass is 344 g/mol. The van der Waals surface area contributed by atoms with Gasteiger partial charge in [0.1, 0.15) is 5.82 Å². The van der Waals surface area contributed by atoms with E-state index < -0.39 is 0 Å². The Kier molecular flexibility index (Phi) is 4.33. The van der Waals surface area contributed by atoms with E-state index in [0.29, 0.717) is 12.0 Å². The highest BCUT2D eigenvalue weighted by molar-refractivity contribution is 5.69. The molecule has 2 heterocycles. The van der Waals surface area contributed by atoms with Crippen LogP contribution in [0.4, 0.5) is 17.5 Å². The maximum atomic E-state index is 4.81. The summed E-state index contributed by atoms with van der Waals surface area (Å²) in [7, 11) is 0. The van der Waals surface area contributed by atoms with Gasteiger partial charge in [0.15, 0.2) is 0 Å². The maximum absolute atomic E-state index is 4.81. The first-order chi connectivity index (χ1) is 12.6. The summed E-state index contributed by atoms with van der Waals surface area (Å²) in [6, 6.07) is 19.5. The van der Waals surface area contributed by atoms with E-state index in [1.807, 2.05) is 6.92 Å². The molecule has 1 aromatic heterocycles. The lowest BCUT2D eigenvalue weighted by atomic mass is 10.1. The molecule has 132 valence electrons. The Bertz CT molecular complexity index is 935. The maximum Gasteiger partial charge on any atom is 0.225 e. The Labute approximate surface area is 154 Å². The number of nitrogens with zero attached hydrogens (tertiary/aromatic N) is 3. The molecule has 1 N–H and O–H groups in total. The van der Waals surface area contributed by atoms with Crippen LogP contribution in [-0.4, -0.2) is 16.0 Å². The summed E-state index contributed by atoms with van der Waals surface area (Å²) >= 11 is 0. The Balaban J connectivity index is 1.61. The number of aromatic nitrogens is 2. The second-order valence-corrected chi connectivity index (χ2v) is 7.09. The van der Waals surface area contributed by atoms with Gasteiger partial charge >= 0.3 is 0 Å². The van der Waals surface area contributed by atoms with Crippen molar-refractivity contribution in [1.82, 2.24) is 9.97 Å². The molecular weight excluding hydrogens is 320 g/mol. The second kappa shape index (κ2) is 6.79. The Hall–Kier alpha value is -2.88. The molecule has 26 heavy (non-hydrogen) atoms. The van der Waals surface area contributed by atoms with Crippen molar-refractivity contribution in [3.05, 3.63) is 77.0 Å². The smallest absolute Gasteiger partial charge is 0.225 e. The van der Waals surface area contributed by atoms with Crippen molar-refractivity contribution in [2.45, 2.75) is 39.8 Å². The first-order valence-corrected chi connectivity index (χ1v) is 9.12. The van der Waals surface area contributed by atoms with Crippen LogP contribution < -0.4 is 10.2 Å². The van der Waals surface area contributed by atoms with E-state index in [-0.39, 0.29) is 0 Å². The molecule has 0 saturated heterocycles. The van der Waals surface area contributed by atoms with Crippen molar-refractivity contribution >= 4 is 17.5 Å². The van der Waals surface area contributed by atoms with Gasteiger partial charge in [0, 0.05) is 30.0 Å². The van der Waals surface area contributed by atoms with Gasteiger partial charge in [0.25, 0.3) is 0 Å². The van der Waals surface area contributed by atoms with E-state index >= 15 is 0 Å². The zero-order chi connectivity index (χ0) is 18.1. The van der Waals surface area contributed by atoms with Crippen LogP contribution >= 0.6 is 0 Å². The molecule has 1 aliphatic heterocycles. The molecule has 0 radical (unpaired) electrons. The lowest BCUT2D eigenvalue weighted by Crippen LogP contribution is -2.25. The standard InChI is InChI=1S/C22H24N4/c1-15-7-6-8-18(11-15)14-23-22-24-16(2)12-21(25-22)26-17(3)13-19-9-4-5-10-20(19)26/h4-12,17H,13-14H2,1-3H3,(H,23,24,25). The van der Waals surface area contributed by atoms with Crippen LogP contribution in [0.2, 0.25) is 0 Å². The minimum Gasteiger partial charge on any atom is -0.350 e. The number of para-hydroxylation sites is 1. The molecular formula is C22H24N4. The van der Waals surface area contributed by atoms with Gasteiger partial charge in [-0.15, -0.1) is 0 Å². The zero-order valence-corrected chi connectivity index (χ0v) is 15.5. The van der Waals surface area contributed by atoms with E-state index in [4.69, 9.17) is 4.98 Å². The Morgan fingerprint density at radius 1 is 1.04 bits per heavy atom. The van der Waals surface area contributed by atoms with E-state index in [1.54, 1.807) is 0 Å². The first kappa shape index (κ1) is 16.6. The third-order valence-corrected chi connectivity index (χ3v) is 4.83. The fourth-order valence-corrected chi connectivity index (χ4v) is 3.67. The van der Waals surface area contributed by atoms with Gasteiger partial charge in [-0.1, -0.05) is 48.0 Å². The fraction of sp³-hybridized carbons (Fsp3) is 0.273. The van der Waals surface area contributed by atoms with Crippen molar-refractivity contribution in [3.8, 4) is 0 Å². The molecule has 2 aromatic carbocycles. The van der Waals surface area contributed by atoms with E-state index in [0.717, 1.165) is 24.5 Å². The highest BCUT2D eigenvalue weighted by Gasteiger charge is 2.28. The van der Waals surface area contributed by atoms with Crippen molar-refractivity contribution in [1.29, 1.82) is 0 Å². The Morgan fingerprint density at radius 2 is 1.88 bits per heavy atom. The number of hydrogen-bond donors (Lipinski definition) is 1. The van der Waals surface area contributed by atoms with Gasteiger partial charge in [-0.05, 0) is 44.4 Å². The third-order valence-electron chi connectivity index (χ3n) is 4.83. The highest BCUT2D eigenvalue weighted by atomic mass is 15.3. The van der Waals surface area contributed by atoms with Gasteiger partial charge in [-0.25, -0.2) is 4.98 Å². The quantitative estimate of drug-likeness (QED) is 0.739. The van der Waals surface area contributed by atoms with Gasteiger partial charge < -0.3 is 10.2 Å². The van der Waals surface area contributed by atoms with Crippen LogP contribution in [0.3, 0.4) is 0 Å². The number of anilines is 3. The largest absolute Gasteiger partial charge is 0.350 e. The number of nitrogens with one attached hydrogen (secondary N) is 1. The van der Waals surface area contributed by atoms with Crippen LogP contribution in [0, 0.1) is 13.8 Å². The number of fused-ring (bicyclic) bond motifs is 1. The van der Waals surface area contributed by atoms with Crippen molar-refractivity contribution in [2.75, 3.05) is 10.2 Å². The summed E-state index contributed by atoms with van der Waals surface area (Å²) in [6.07, 6.45) is 1.05. The molecule has 0 saturated carbocycles. The predicted molar refractivity (Wildman–Crippen MR) is 107 cm³/mol. The number of aryl methyl sites for hydroxylation is 2. The molecule has 3 aromatic rings. The zero-order valence-electron chi connectivity index (χ0n) is 15.5. The minimum atomic E-state index is 0.395. The molecule has 1 unspecified atom stereocenters. The van der Waals surface area contributed by atoms with Crippen molar-refractivity contribution in [2.24, 2.45) is 0 Å². The lowest BCUT2D eigenvalue weighted by Gasteiger charge is -2.24. The lowest BCUT2D eigenvalue weighted by molar-refractivity contribution is 0.748. The van der Waals surface area contributed by atoms with Gasteiger partial charge in [0.2, 0.25) is 5.95 Å².